The van der Waals surface area contributed by atoms with Gasteiger partial charge in [0.05, 0.1) is 13.2 Å². The first-order valence-electron chi connectivity index (χ1n) is 20.1. The molecule has 0 aromatic carbocycles. The van der Waals surface area contributed by atoms with Crippen LogP contribution in [0, 0.1) is 0 Å². The third kappa shape index (κ3) is 37.7. The Labute approximate surface area is 307 Å². The largest absolute Gasteiger partial charge is 0.472 e. The van der Waals surface area contributed by atoms with Gasteiger partial charge in [0, 0.05) is 19.6 Å². The zero-order chi connectivity index (χ0) is 36.6. The molecule has 1 unspecified atom stereocenters. The zero-order valence-corrected chi connectivity index (χ0v) is 33.0. The van der Waals surface area contributed by atoms with Gasteiger partial charge < -0.3 is 20.1 Å². The van der Waals surface area contributed by atoms with Gasteiger partial charge in [-0.05, 0) is 57.8 Å². The van der Waals surface area contributed by atoms with Crippen molar-refractivity contribution in [2.75, 3.05) is 33.0 Å². The summed E-state index contributed by atoms with van der Waals surface area (Å²) in [5.41, 5.74) is 5.36. The number of hydrogen-bond donors (Lipinski definition) is 2. The van der Waals surface area contributed by atoms with Crippen molar-refractivity contribution < 1.29 is 32.8 Å². The van der Waals surface area contributed by atoms with Crippen LogP contribution in [0.3, 0.4) is 0 Å². The molecule has 0 rings (SSSR count). The van der Waals surface area contributed by atoms with E-state index >= 15 is 0 Å². The number of rotatable bonds is 38. The Kier molecular flexibility index (Phi) is 37.5. The molecule has 0 radical (unpaired) electrons. The highest BCUT2D eigenvalue weighted by atomic mass is 31.2. The van der Waals surface area contributed by atoms with Crippen molar-refractivity contribution in [3.05, 3.63) is 48.6 Å². The molecule has 0 aliphatic carbocycles. The molecular weight excluding hydrogens is 649 g/mol. The van der Waals surface area contributed by atoms with E-state index in [4.69, 9.17) is 24.3 Å². The molecule has 0 spiro atoms. The molecule has 0 aromatic rings. The van der Waals surface area contributed by atoms with Crippen LogP contribution in [0.25, 0.3) is 0 Å². The molecular formula is C41H76NO7P. The van der Waals surface area contributed by atoms with E-state index in [0.29, 0.717) is 13.0 Å². The summed E-state index contributed by atoms with van der Waals surface area (Å²) in [6, 6.07) is 0. The SMILES string of the molecule is CCCCC/C=C\C/C=C\C/C=C\C/C=C\CCCCO[C@H](COC(=O)CCCCCCCCCCCCCCC)COP(=O)(O)OCCN. The van der Waals surface area contributed by atoms with Gasteiger partial charge in [0.15, 0.2) is 0 Å². The van der Waals surface area contributed by atoms with Crippen LogP contribution >= 0.6 is 7.82 Å². The van der Waals surface area contributed by atoms with E-state index in [1.54, 1.807) is 0 Å². The monoisotopic (exact) mass is 726 g/mol. The van der Waals surface area contributed by atoms with Crippen LogP contribution < -0.4 is 5.73 Å². The van der Waals surface area contributed by atoms with Gasteiger partial charge in [-0.2, -0.15) is 0 Å². The molecule has 50 heavy (non-hydrogen) atoms. The van der Waals surface area contributed by atoms with E-state index in [2.05, 4.69) is 62.5 Å². The minimum Gasteiger partial charge on any atom is -0.463 e. The summed E-state index contributed by atoms with van der Waals surface area (Å²) in [4.78, 5) is 22.2. The second-order valence-corrected chi connectivity index (χ2v) is 14.6. The number of phosphoric acid groups is 1. The first-order valence-corrected chi connectivity index (χ1v) is 21.6. The Morgan fingerprint density at radius 1 is 0.600 bits per heavy atom. The number of carbonyl (C=O) groups is 1. The van der Waals surface area contributed by atoms with Gasteiger partial charge in [0.25, 0.3) is 0 Å². The van der Waals surface area contributed by atoms with Crippen LogP contribution in [0.2, 0.25) is 0 Å². The fourth-order valence-electron chi connectivity index (χ4n) is 5.25. The molecule has 0 saturated heterocycles. The Balaban J connectivity index is 4.16. The fourth-order valence-corrected chi connectivity index (χ4v) is 6.01. The van der Waals surface area contributed by atoms with Crippen LogP contribution in [0.4, 0.5) is 0 Å². The van der Waals surface area contributed by atoms with Gasteiger partial charge in [-0.25, -0.2) is 4.57 Å². The Morgan fingerprint density at radius 2 is 1.06 bits per heavy atom. The van der Waals surface area contributed by atoms with Crippen molar-refractivity contribution in [3.8, 4) is 0 Å². The van der Waals surface area contributed by atoms with Crippen molar-refractivity contribution in [2.45, 2.75) is 174 Å². The molecule has 0 aliphatic heterocycles. The third-order valence-electron chi connectivity index (χ3n) is 8.29. The molecule has 3 N–H and O–H groups in total. The normalized spacial score (nSPS) is 14.1. The first kappa shape index (κ1) is 48.5. The number of carbonyl (C=O) groups excluding carboxylic acids is 1. The highest BCUT2D eigenvalue weighted by Gasteiger charge is 2.24. The van der Waals surface area contributed by atoms with Crippen molar-refractivity contribution in [1.29, 1.82) is 0 Å². The number of unbranched alkanes of at least 4 members (excludes halogenated alkanes) is 17. The fraction of sp³-hybridized carbons (Fsp3) is 0.780. The van der Waals surface area contributed by atoms with E-state index < -0.39 is 13.9 Å². The Hall–Kier alpha value is -1.54. The summed E-state index contributed by atoms with van der Waals surface area (Å²) in [6.07, 6.45) is 44.3. The summed E-state index contributed by atoms with van der Waals surface area (Å²) < 4.78 is 33.3. The Morgan fingerprint density at radius 3 is 1.58 bits per heavy atom. The molecule has 0 heterocycles. The molecule has 0 bridgehead atoms. The van der Waals surface area contributed by atoms with Crippen LogP contribution in [0.5, 0.6) is 0 Å². The number of hydrogen-bond acceptors (Lipinski definition) is 7. The van der Waals surface area contributed by atoms with Gasteiger partial charge in [-0.3, -0.25) is 13.8 Å². The molecule has 0 amide bonds. The summed E-state index contributed by atoms with van der Waals surface area (Å²) >= 11 is 0. The predicted molar refractivity (Wildman–Crippen MR) is 210 cm³/mol. The third-order valence-corrected chi connectivity index (χ3v) is 9.27. The second kappa shape index (κ2) is 38.7. The molecule has 0 aromatic heterocycles. The van der Waals surface area contributed by atoms with Crippen LogP contribution in [-0.4, -0.2) is 49.9 Å². The number of nitrogens with two attached hydrogens (primary N) is 1. The predicted octanol–water partition coefficient (Wildman–Crippen LogP) is 11.6. The molecule has 2 atom stereocenters. The quantitative estimate of drug-likeness (QED) is 0.0279. The summed E-state index contributed by atoms with van der Waals surface area (Å²) in [7, 11) is -4.26. The van der Waals surface area contributed by atoms with Crippen molar-refractivity contribution in [3.63, 3.8) is 0 Å². The average Bonchev–Trinajstić information content (AvgIpc) is 3.11. The van der Waals surface area contributed by atoms with Crippen molar-refractivity contribution in [1.82, 2.24) is 0 Å². The average molecular weight is 726 g/mol. The van der Waals surface area contributed by atoms with Crippen LogP contribution in [0.15, 0.2) is 48.6 Å². The molecule has 292 valence electrons. The van der Waals surface area contributed by atoms with E-state index in [-0.39, 0.29) is 32.3 Å². The van der Waals surface area contributed by atoms with Crippen molar-refractivity contribution in [2.24, 2.45) is 5.73 Å². The lowest BCUT2D eigenvalue weighted by Gasteiger charge is -2.19. The first-order chi connectivity index (χ1) is 24.4. The smallest absolute Gasteiger partial charge is 0.463 e. The van der Waals surface area contributed by atoms with E-state index in [1.165, 1.54) is 89.9 Å². The van der Waals surface area contributed by atoms with Gasteiger partial charge in [0.2, 0.25) is 0 Å². The number of allylic oxidation sites excluding steroid dienone is 8. The lowest BCUT2D eigenvalue weighted by molar-refractivity contribution is -0.149. The Bertz CT molecular complexity index is 905. The summed E-state index contributed by atoms with van der Waals surface area (Å²) in [5, 5.41) is 0. The van der Waals surface area contributed by atoms with Gasteiger partial charge in [-0.1, -0.05) is 152 Å². The summed E-state index contributed by atoms with van der Waals surface area (Å²) in [5.74, 6) is -0.284. The molecule has 0 aliphatic rings. The minimum atomic E-state index is -4.26. The molecule has 0 saturated carbocycles. The number of phosphoric ester groups is 1. The highest BCUT2D eigenvalue weighted by molar-refractivity contribution is 7.47. The maximum atomic E-state index is 12.4. The molecule has 8 nitrogen and oxygen atoms in total. The van der Waals surface area contributed by atoms with Crippen LogP contribution in [0.1, 0.15) is 168 Å². The van der Waals surface area contributed by atoms with E-state index in [1.807, 2.05) is 0 Å². The lowest BCUT2D eigenvalue weighted by Crippen LogP contribution is -2.27. The van der Waals surface area contributed by atoms with Gasteiger partial charge in [-0.15, -0.1) is 0 Å². The number of ether oxygens (including phenoxy) is 2. The highest BCUT2D eigenvalue weighted by Crippen LogP contribution is 2.43. The van der Waals surface area contributed by atoms with Gasteiger partial charge in [0.1, 0.15) is 12.7 Å². The second-order valence-electron chi connectivity index (χ2n) is 13.1. The number of esters is 1. The van der Waals surface area contributed by atoms with Crippen LogP contribution in [-0.2, 0) is 27.9 Å². The standard InChI is InChI=1S/C41H76NO7P/c1-3-5-7-9-11-13-15-17-18-19-20-21-23-25-27-29-31-33-36-46-40(39-49-50(44,45)48-37-35-42)38-47-41(43)34-32-30-28-26-24-22-16-14-12-10-8-6-4-2/h11,13,17-18,20-21,25,27,40H,3-10,12,14-16,19,22-24,26,28-39,42H2,1-2H3,(H,44,45)/b13-11-,18-17-,21-20-,27-25-/t40-/m1/s1. The topological polar surface area (TPSA) is 117 Å². The minimum absolute atomic E-state index is 0.0364. The maximum Gasteiger partial charge on any atom is 0.472 e. The summed E-state index contributed by atoms with van der Waals surface area (Å²) in [6.45, 7) is 4.67. The van der Waals surface area contributed by atoms with Gasteiger partial charge >= 0.3 is 13.8 Å². The van der Waals surface area contributed by atoms with E-state index in [0.717, 1.165) is 57.8 Å². The zero-order valence-electron chi connectivity index (χ0n) is 32.1. The van der Waals surface area contributed by atoms with Crippen molar-refractivity contribution >= 4 is 13.8 Å². The van der Waals surface area contributed by atoms with E-state index in [9.17, 15) is 14.3 Å². The lowest BCUT2D eigenvalue weighted by atomic mass is 10.0. The molecule has 9 heteroatoms. The maximum absolute atomic E-state index is 12.4. The molecule has 0 fully saturated rings.